The molecule has 0 heterocycles. The Labute approximate surface area is 215 Å². The van der Waals surface area contributed by atoms with Crippen LogP contribution in [0.5, 0.6) is 11.5 Å². The van der Waals surface area contributed by atoms with Crippen LogP contribution in [0.4, 0.5) is 11.4 Å². The second kappa shape index (κ2) is 12.7. The Bertz CT molecular complexity index is 1240. The standard InChI is InChI=1S/C28H29ClN2O5/c1-18-10-13-23(16-19(18)2)36-22-14-11-21(12-15-22)30-26(32)8-5-9-28(34)35-17-27(33)31-25-7-4-6-24(29)20(25)3/h4,6-7,10-16H,5,8-9,17H2,1-3H3,(H,30,32)(H,31,33). The summed E-state index contributed by atoms with van der Waals surface area (Å²) in [5.41, 5.74) is 4.26. The number of nitrogens with one attached hydrogen (secondary N) is 2. The maximum Gasteiger partial charge on any atom is 0.306 e. The highest BCUT2D eigenvalue weighted by Crippen LogP contribution is 2.25. The summed E-state index contributed by atoms with van der Waals surface area (Å²) in [6.07, 6.45) is 0.469. The molecule has 0 aromatic heterocycles. The summed E-state index contributed by atoms with van der Waals surface area (Å²) < 4.78 is 10.8. The van der Waals surface area contributed by atoms with Crippen molar-refractivity contribution < 1.29 is 23.9 Å². The van der Waals surface area contributed by atoms with E-state index in [1.54, 1.807) is 49.4 Å². The first-order valence-electron chi connectivity index (χ1n) is 11.6. The molecule has 0 saturated carbocycles. The molecule has 0 bridgehead atoms. The summed E-state index contributed by atoms with van der Waals surface area (Å²) >= 11 is 6.03. The second-order valence-corrected chi connectivity index (χ2v) is 8.80. The molecular formula is C28H29ClN2O5. The van der Waals surface area contributed by atoms with Crippen LogP contribution >= 0.6 is 11.6 Å². The lowest BCUT2D eigenvalue weighted by molar-refractivity contribution is -0.147. The zero-order chi connectivity index (χ0) is 26.1. The molecule has 3 aromatic rings. The molecule has 0 unspecified atom stereocenters. The van der Waals surface area contributed by atoms with Crippen molar-refractivity contribution in [3.63, 3.8) is 0 Å². The van der Waals surface area contributed by atoms with Gasteiger partial charge >= 0.3 is 5.97 Å². The number of hydrogen-bond donors (Lipinski definition) is 2. The van der Waals surface area contributed by atoms with Crippen LogP contribution in [0.1, 0.15) is 36.0 Å². The molecule has 3 aromatic carbocycles. The number of ether oxygens (including phenoxy) is 2. The zero-order valence-electron chi connectivity index (χ0n) is 20.5. The van der Waals surface area contributed by atoms with E-state index in [0.29, 0.717) is 28.6 Å². The van der Waals surface area contributed by atoms with Gasteiger partial charge in [0.25, 0.3) is 5.91 Å². The Morgan fingerprint density at radius 2 is 1.53 bits per heavy atom. The van der Waals surface area contributed by atoms with Crippen molar-refractivity contribution in [2.45, 2.75) is 40.0 Å². The zero-order valence-corrected chi connectivity index (χ0v) is 21.3. The van der Waals surface area contributed by atoms with Crippen LogP contribution in [0, 0.1) is 20.8 Å². The van der Waals surface area contributed by atoms with Crippen molar-refractivity contribution in [2.24, 2.45) is 0 Å². The van der Waals surface area contributed by atoms with Gasteiger partial charge in [0, 0.05) is 29.2 Å². The van der Waals surface area contributed by atoms with Crippen molar-refractivity contribution in [1.82, 2.24) is 0 Å². The van der Waals surface area contributed by atoms with Crippen LogP contribution in [0.15, 0.2) is 60.7 Å². The fraction of sp³-hybridized carbons (Fsp3) is 0.250. The highest BCUT2D eigenvalue weighted by Gasteiger charge is 2.11. The predicted molar refractivity (Wildman–Crippen MR) is 141 cm³/mol. The third-order valence-corrected chi connectivity index (χ3v) is 5.95. The van der Waals surface area contributed by atoms with E-state index >= 15 is 0 Å². The van der Waals surface area contributed by atoms with Gasteiger partial charge in [-0.05, 0) is 92.4 Å². The van der Waals surface area contributed by atoms with Crippen LogP contribution in [-0.4, -0.2) is 24.4 Å². The number of carbonyl (C=O) groups is 3. The van der Waals surface area contributed by atoms with E-state index in [1.807, 2.05) is 32.0 Å². The summed E-state index contributed by atoms with van der Waals surface area (Å²) in [6.45, 7) is 5.44. The van der Waals surface area contributed by atoms with E-state index in [4.69, 9.17) is 21.1 Å². The first kappa shape index (κ1) is 26.8. The van der Waals surface area contributed by atoms with Gasteiger partial charge in [-0.3, -0.25) is 14.4 Å². The minimum absolute atomic E-state index is 0.0274. The molecule has 188 valence electrons. The van der Waals surface area contributed by atoms with Crippen molar-refractivity contribution in [3.05, 3.63) is 82.4 Å². The number of hydrogen-bond acceptors (Lipinski definition) is 5. The normalized spacial score (nSPS) is 10.4. The Morgan fingerprint density at radius 1 is 0.806 bits per heavy atom. The minimum atomic E-state index is -0.548. The van der Waals surface area contributed by atoms with Gasteiger partial charge in [0.05, 0.1) is 0 Å². The number of halogens is 1. The van der Waals surface area contributed by atoms with Gasteiger partial charge in [0.1, 0.15) is 11.5 Å². The van der Waals surface area contributed by atoms with E-state index in [0.717, 1.165) is 16.9 Å². The lowest BCUT2D eigenvalue weighted by Crippen LogP contribution is -2.21. The minimum Gasteiger partial charge on any atom is -0.457 e. The Balaban J connectivity index is 1.35. The van der Waals surface area contributed by atoms with E-state index < -0.39 is 18.5 Å². The first-order valence-corrected chi connectivity index (χ1v) is 11.9. The maximum absolute atomic E-state index is 12.2. The highest BCUT2D eigenvalue weighted by atomic mass is 35.5. The van der Waals surface area contributed by atoms with Gasteiger partial charge in [-0.25, -0.2) is 0 Å². The molecule has 0 aliphatic carbocycles. The smallest absolute Gasteiger partial charge is 0.306 e. The summed E-state index contributed by atoms with van der Waals surface area (Å²) in [7, 11) is 0. The number of benzene rings is 3. The van der Waals surface area contributed by atoms with E-state index in [-0.39, 0.29) is 18.7 Å². The number of carbonyl (C=O) groups excluding carboxylic acids is 3. The second-order valence-electron chi connectivity index (χ2n) is 8.40. The summed E-state index contributed by atoms with van der Waals surface area (Å²) in [4.78, 5) is 36.1. The van der Waals surface area contributed by atoms with Crippen molar-refractivity contribution >= 4 is 40.8 Å². The molecule has 0 radical (unpaired) electrons. The molecule has 0 saturated heterocycles. The number of aryl methyl sites for hydroxylation is 2. The van der Waals surface area contributed by atoms with Crippen LogP contribution in [0.2, 0.25) is 5.02 Å². The Hall–Kier alpha value is -3.84. The van der Waals surface area contributed by atoms with Gasteiger partial charge in [-0.15, -0.1) is 0 Å². The summed E-state index contributed by atoms with van der Waals surface area (Å²) in [5, 5.41) is 5.98. The van der Waals surface area contributed by atoms with Crippen molar-refractivity contribution in [2.75, 3.05) is 17.2 Å². The number of amides is 2. The molecule has 2 amide bonds. The highest BCUT2D eigenvalue weighted by molar-refractivity contribution is 6.31. The fourth-order valence-corrected chi connectivity index (χ4v) is 3.46. The van der Waals surface area contributed by atoms with Crippen LogP contribution in [0.3, 0.4) is 0 Å². The lowest BCUT2D eigenvalue weighted by Gasteiger charge is -2.10. The molecule has 0 aliphatic rings. The van der Waals surface area contributed by atoms with E-state index in [1.165, 1.54) is 5.56 Å². The average Bonchev–Trinajstić information content (AvgIpc) is 2.84. The molecule has 0 aliphatic heterocycles. The number of rotatable bonds is 10. The van der Waals surface area contributed by atoms with Crippen molar-refractivity contribution in [1.29, 1.82) is 0 Å². The molecule has 2 N–H and O–H groups in total. The van der Waals surface area contributed by atoms with Crippen LogP contribution < -0.4 is 15.4 Å². The Kier molecular flexibility index (Phi) is 9.47. The molecule has 0 fully saturated rings. The molecule has 3 rings (SSSR count). The molecule has 0 spiro atoms. The van der Waals surface area contributed by atoms with E-state index in [9.17, 15) is 14.4 Å². The molecule has 8 heteroatoms. The fourth-order valence-electron chi connectivity index (χ4n) is 3.28. The predicted octanol–water partition coefficient (Wildman–Crippen LogP) is 6.35. The van der Waals surface area contributed by atoms with Crippen LogP contribution in [0.25, 0.3) is 0 Å². The number of esters is 1. The van der Waals surface area contributed by atoms with Gasteiger partial charge in [-0.1, -0.05) is 23.7 Å². The summed E-state index contributed by atoms with van der Waals surface area (Å²) in [6, 6.07) is 18.1. The van der Waals surface area contributed by atoms with Crippen LogP contribution in [-0.2, 0) is 19.1 Å². The molecule has 0 atom stereocenters. The average molecular weight is 509 g/mol. The third kappa shape index (κ3) is 8.13. The maximum atomic E-state index is 12.2. The number of anilines is 2. The molecule has 36 heavy (non-hydrogen) atoms. The van der Waals surface area contributed by atoms with Gasteiger partial charge < -0.3 is 20.1 Å². The lowest BCUT2D eigenvalue weighted by atomic mass is 10.1. The summed E-state index contributed by atoms with van der Waals surface area (Å²) in [5.74, 6) is 0.178. The van der Waals surface area contributed by atoms with Gasteiger partial charge in [0.15, 0.2) is 6.61 Å². The molecular weight excluding hydrogens is 480 g/mol. The SMILES string of the molecule is Cc1ccc(Oc2ccc(NC(=O)CCCC(=O)OCC(=O)Nc3cccc(Cl)c3C)cc2)cc1C. The quantitative estimate of drug-likeness (QED) is 0.311. The monoisotopic (exact) mass is 508 g/mol. The molecule has 7 nitrogen and oxygen atoms in total. The van der Waals surface area contributed by atoms with Gasteiger partial charge in [-0.2, -0.15) is 0 Å². The third-order valence-electron chi connectivity index (χ3n) is 5.54. The first-order chi connectivity index (χ1) is 17.2. The Morgan fingerprint density at radius 3 is 2.25 bits per heavy atom. The van der Waals surface area contributed by atoms with E-state index in [2.05, 4.69) is 10.6 Å². The largest absolute Gasteiger partial charge is 0.457 e. The topological polar surface area (TPSA) is 93.7 Å². The van der Waals surface area contributed by atoms with Crippen molar-refractivity contribution in [3.8, 4) is 11.5 Å². The van der Waals surface area contributed by atoms with Gasteiger partial charge in [0.2, 0.25) is 5.91 Å².